The lowest BCUT2D eigenvalue weighted by Gasteiger charge is -2.03. The molecule has 0 fully saturated rings. The normalized spacial score (nSPS) is 10.8. The Labute approximate surface area is 131 Å². The highest BCUT2D eigenvalue weighted by Gasteiger charge is 2.05. The molecule has 3 rings (SSSR count). The number of thiazole rings is 1. The minimum atomic E-state index is -0.250. The van der Waals surface area contributed by atoms with Crippen LogP contribution in [-0.2, 0) is 13.1 Å². The zero-order chi connectivity index (χ0) is 15.4. The molecule has 0 bridgehead atoms. The van der Waals surface area contributed by atoms with Crippen LogP contribution >= 0.6 is 11.3 Å². The van der Waals surface area contributed by atoms with E-state index in [0.29, 0.717) is 18.7 Å². The lowest BCUT2D eigenvalue weighted by Crippen LogP contribution is -2.13. The minimum absolute atomic E-state index is 0.207. The molecular weight excluding hydrogens is 302 g/mol. The lowest BCUT2D eigenvalue weighted by atomic mass is 10.2. The monoisotopic (exact) mass is 316 g/mol. The number of nitrogens with one attached hydrogen (secondary N) is 1. The third kappa shape index (κ3) is 3.55. The summed E-state index contributed by atoms with van der Waals surface area (Å²) in [4.78, 5) is 5.33. The second-order valence-corrected chi connectivity index (χ2v) is 5.94. The minimum Gasteiger partial charge on any atom is -0.306 e. The molecule has 1 heterocycles. The van der Waals surface area contributed by atoms with Crippen molar-refractivity contribution in [2.75, 3.05) is 0 Å². The van der Waals surface area contributed by atoms with Gasteiger partial charge >= 0.3 is 0 Å². The molecule has 0 aliphatic heterocycles. The molecule has 0 atom stereocenters. The van der Waals surface area contributed by atoms with Crippen LogP contribution in [0.5, 0.6) is 0 Å². The van der Waals surface area contributed by atoms with Gasteiger partial charge in [-0.15, -0.1) is 11.3 Å². The molecule has 0 aliphatic carbocycles. The molecule has 1 aromatic heterocycles. The highest BCUT2D eigenvalue weighted by atomic mass is 32.1. The molecule has 0 unspecified atom stereocenters. The van der Waals surface area contributed by atoms with E-state index in [4.69, 9.17) is 0 Å². The molecule has 3 aromatic rings. The van der Waals surface area contributed by atoms with Crippen molar-refractivity contribution < 1.29 is 8.78 Å². The average molecular weight is 316 g/mol. The van der Waals surface area contributed by atoms with E-state index in [1.165, 1.54) is 18.2 Å². The summed E-state index contributed by atoms with van der Waals surface area (Å²) in [6.07, 6.45) is 1.78. The summed E-state index contributed by atoms with van der Waals surface area (Å²) in [5.41, 5.74) is 1.58. The molecule has 1 N–H and O–H groups in total. The molecule has 2 nitrogen and oxygen atoms in total. The average Bonchev–Trinajstić information content (AvgIpc) is 2.99. The predicted molar refractivity (Wildman–Crippen MR) is 84.5 cm³/mol. The number of rotatable bonds is 5. The van der Waals surface area contributed by atoms with E-state index in [1.54, 1.807) is 41.8 Å². The van der Waals surface area contributed by atoms with Gasteiger partial charge in [-0.3, -0.25) is 0 Å². The van der Waals surface area contributed by atoms with Gasteiger partial charge in [0.15, 0.2) is 0 Å². The first-order chi connectivity index (χ1) is 10.7. The van der Waals surface area contributed by atoms with E-state index in [-0.39, 0.29) is 11.6 Å². The van der Waals surface area contributed by atoms with E-state index in [0.717, 1.165) is 15.4 Å². The predicted octanol–water partition coefficient (Wildman–Crippen LogP) is 4.38. The Morgan fingerprint density at radius 2 is 1.73 bits per heavy atom. The standard InChI is InChI=1S/C17H14F2N2S/c18-14-7-5-12(6-8-14)16-10-21-17(22-16)11-20-9-13-3-1-2-4-15(13)19/h1-8,10,20H,9,11H2. The van der Waals surface area contributed by atoms with Gasteiger partial charge in [0.05, 0.1) is 4.88 Å². The molecule has 0 spiro atoms. The van der Waals surface area contributed by atoms with E-state index < -0.39 is 0 Å². The maximum atomic E-state index is 13.5. The van der Waals surface area contributed by atoms with E-state index >= 15 is 0 Å². The fourth-order valence-corrected chi connectivity index (χ4v) is 2.98. The summed E-state index contributed by atoms with van der Waals surface area (Å²) in [5.74, 6) is -0.457. The van der Waals surface area contributed by atoms with Crippen molar-refractivity contribution in [3.05, 3.63) is 76.9 Å². The molecule has 0 aliphatic rings. The Balaban J connectivity index is 1.60. The van der Waals surface area contributed by atoms with Gasteiger partial charge in [0.2, 0.25) is 0 Å². The van der Waals surface area contributed by atoms with E-state index in [9.17, 15) is 8.78 Å². The molecule has 112 valence electrons. The number of hydrogen-bond donors (Lipinski definition) is 1. The van der Waals surface area contributed by atoms with Crippen molar-refractivity contribution in [3.63, 3.8) is 0 Å². The first-order valence-electron chi connectivity index (χ1n) is 6.87. The van der Waals surface area contributed by atoms with E-state index in [2.05, 4.69) is 10.3 Å². The van der Waals surface area contributed by atoms with Crippen molar-refractivity contribution in [2.45, 2.75) is 13.1 Å². The Kier molecular flexibility index (Phi) is 4.56. The fourth-order valence-electron chi connectivity index (χ4n) is 2.09. The lowest BCUT2D eigenvalue weighted by molar-refractivity contribution is 0.587. The molecule has 2 aromatic carbocycles. The van der Waals surface area contributed by atoms with Gasteiger partial charge in [-0.1, -0.05) is 30.3 Å². The summed E-state index contributed by atoms with van der Waals surface area (Å²) in [6.45, 7) is 1.03. The van der Waals surface area contributed by atoms with Crippen molar-refractivity contribution in [2.24, 2.45) is 0 Å². The summed E-state index contributed by atoms with van der Waals surface area (Å²) < 4.78 is 26.4. The number of halogens is 2. The van der Waals surface area contributed by atoms with Crippen LogP contribution in [0, 0.1) is 11.6 Å². The second-order valence-electron chi connectivity index (χ2n) is 4.82. The summed E-state index contributed by atoms with van der Waals surface area (Å²) in [5, 5.41) is 4.09. The molecular formula is C17H14F2N2S. The Morgan fingerprint density at radius 3 is 2.50 bits per heavy atom. The molecule has 0 saturated heterocycles. The maximum absolute atomic E-state index is 13.5. The Bertz CT molecular complexity index is 753. The van der Waals surface area contributed by atoms with Crippen LogP contribution in [0.25, 0.3) is 10.4 Å². The first-order valence-corrected chi connectivity index (χ1v) is 7.69. The van der Waals surface area contributed by atoms with Crippen LogP contribution in [0.15, 0.2) is 54.7 Å². The quantitative estimate of drug-likeness (QED) is 0.755. The fraction of sp³-hybridized carbons (Fsp3) is 0.118. The van der Waals surface area contributed by atoms with Crippen LogP contribution in [0.1, 0.15) is 10.6 Å². The van der Waals surface area contributed by atoms with Gasteiger partial charge in [0, 0.05) is 24.8 Å². The van der Waals surface area contributed by atoms with Gasteiger partial charge in [0.25, 0.3) is 0 Å². The largest absolute Gasteiger partial charge is 0.306 e. The van der Waals surface area contributed by atoms with Gasteiger partial charge in [-0.25, -0.2) is 13.8 Å². The smallest absolute Gasteiger partial charge is 0.127 e. The molecule has 5 heteroatoms. The SMILES string of the molecule is Fc1ccc(-c2cnc(CNCc3ccccc3F)s2)cc1. The Morgan fingerprint density at radius 1 is 0.955 bits per heavy atom. The second kappa shape index (κ2) is 6.77. The van der Waals surface area contributed by atoms with Crippen molar-refractivity contribution in [3.8, 4) is 10.4 Å². The van der Waals surface area contributed by atoms with Gasteiger partial charge in [0.1, 0.15) is 16.6 Å². The third-order valence-corrected chi connectivity index (χ3v) is 4.28. The zero-order valence-electron chi connectivity index (χ0n) is 11.7. The van der Waals surface area contributed by atoms with Gasteiger partial charge in [-0.2, -0.15) is 0 Å². The molecule has 0 amide bonds. The van der Waals surface area contributed by atoms with Crippen LogP contribution in [-0.4, -0.2) is 4.98 Å². The topological polar surface area (TPSA) is 24.9 Å². The number of hydrogen-bond acceptors (Lipinski definition) is 3. The number of aromatic nitrogens is 1. The Hall–Kier alpha value is -2.11. The molecule has 22 heavy (non-hydrogen) atoms. The number of benzene rings is 2. The molecule has 0 radical (unpaired) electrons. The van der Waals surface area contributed by atoms with Crippen LogP contribution < -0.4 is 5.32 Å². The van der Waals surface area contributed by atoms with Crippen molar-refractivity contribution in [1.29, 1.82) is 0 Å². The summed E-state index contributed by atoms with van der Waals surface area (Å²) in [7, 11) is 0. The highest BCUT2D eigenvalue weighted by molar-refractivity contribution is 7.15. The number of nitrogens with zero attached hydrogens (tertiary/aromatic N) is 1. The van der Waals surface area contributed by atoms with Gasteiger partial charge in [-0.05, 0) is 23.8 Å². The van der Waals surface area contributed by atoms with E-state index in [1.807, 2.05) is 6.07 Å². The maximum Gasteiger partial charge on any atom is 0.127 e. The summed E-state index contributed by atoms with van der Waals surface area (Å²) in [6, 6.07) is 13.0. The first kappa shape index (κ1) is 14.8. The van der Waals surface area contributed by atoms with Crippen LogP contribution in [0.2, 0.25) is 0 Å². The van der Waals surface area contributed by atoms with Crippen molar-refractivity contribution >= 4 is 11.3 Å². The summed E-state index contributed by atoms with van der Waals surface area (Å²) >= 11 is 1.54. The third-order valence-electron chi connectivity index (χ3n) is 3.23. The van der Waals surface area contributed by atoms with Gasteiger partial charge < -0.3 is 5.32 Å². The van der Waals surface area contributed by atoms with Crippen molar-refractivity contribution in [1.82, 2.24) is 10.3 Å². The molecule has 0 saturated carbocycles. The zero-order valence-corrected chi connectivity index (χ0v) is 12.5. The van der Waals surface area contributed by atoms with Crippen LogP contribution in [0.4, 0.5) is 8.78 Å². The highest BCUT2D eigenvalue weighted by Crippen LogP contribution is 2.26. The van der Waals surface area contributed by atoms with Crippen LogP contribution in [0.3, 0.4) is 0 Å².